The van der Waals surface area contributed by atoms with Crippen molar-refractivity contribution in [2.45, 2.75) is 27.3 Å². The van der Waals surface area contributed by atoms with Gasteiger partial charge in [0, 0.05) is 11.0 Å². The fourth-order valence-corrected chi connectivity index (χ4v) is 2.11. The van der Waals surface area contributed by atoms with Crippen LogP contribution in [0, 0.1) is 12.8 Å². The van der Waals surface area contributed by atoms with Crippen molar-refractivity contribution in [2.75, 3.05) is 6.54 Å². The highest BCUT2D eigenvalue weighted by atomic mass is 79.9. The molecule has 2 rings (SSSR count). The molecule has 1 aromatic carbocycles. The molecule has 1 N–H and O–H groups in total. The Bertz CT molecular complexity index is 585. The molecule has 0 bridgehead atoms. The first-order valence-corrected chi connectivity index (χ1v) is 7.79. The maximum Gasteiger partial charge on any atom is 0.237 e. The maximum absolute atomic E-state index is 5.76. The number of hydrogen-bond acceptors (Lipinski definition) is 4. The van der Waals surface area contributed by atoms with Crippen molar-refractivity contribution < 1.29 is 4.74 Å². The number of ether oxygens (including phenoxy) is 1. The molecule has 0 aliphatic rings. The van der Waals surface area contributed by atoms with E-state index in [0.29, 0.717) is 11.8 Å². The van der Waals surface area contributed by atoms with Crippen molar-refractivity contribution in [1.82, 2.24) is 15.3 Å². The Morgan fingerprint density at radius 2 is 2.05 bits per heavy atom. The average molecular weight is 350 g/mol. The number of nitrogens with zero attached hydrogens (tertiary/aromatic N) is 2. The molecule has 0 fully saturated rings. The summed E-state index contributed by atoms with van der Waals surface area (Å²) in [4.78, 5) is 8.66. The predicted octanol–water partition coefficient (Wildman–Crippen LogP) is 4.09. The molecule has 112 valence electrons. The molecule has 0 spiro atoms. The quantitative estimate of drug-likeness (QED) is 0.853. The minimum Gasteiger partial charge on any atom is -0.437 e. The highest BCUT2D eigenvalue weighted by Crippen LogP contribution is 2.26. The number of aromatic nitrogens is 2. The number of hydrogen-bond donors (Lipinski definition) is 1. The van der Waals surface area contributed by atoms with Gasteiger partial charge in [-0.05, 0) is 37.1 Å². The summed E-state index contributed by atoms with van der Waals surface area (Å²) >= 11 is 3.44. The van der Waals surface area contributed by atoms with Crippen LogP contribution in [-0.4, -0.2) is 16.5 Å². The molecule has 0 unspecified atom stereocenters. The summed E-state index contributed by atoms with van der Waals surface area (Å²) in [5.74, 6) is 1.91. The van der Waals surface area contributed by atoms with Crippen LogP contribution < -0.4 is 10.1 Å². The number of rotatable bonds is 6. The van der Waals surface area contributed by atoms with Crippen LogP contribution in [-0.2, 0) is 6.54 Å². The fourth-order valence-electron chi connectivity index (χ4n) is 1.77. The van der Waals surface area contributed by atoms with E-state index in [2.05, 4.69) is 45.1 Å². The van der Waals surface area contributed by atoms with Gasteiger partial charge in [0.2, 0.25) is 5.88 Å². The van der Waals surface area contributed by atoms with Gasteiger partial charge in [0.25, 0.3) is 0 Å². The van der Waals surface area contributed by atoms with E-state index in [1.165, 1.54) is 0 Å². The van der Waals surface area contributed by atoms with Crippen LogP contribution in [0.1, 0.15) is 25.1 Å². The lowest BCUT2D eigenvalue weighted by Gasteiger charge is -2.09. The van der Waals surface area contributed by atoms with Gasteiger partial charge in [0.05, 0.1) is 18.1 Å². The summed E-state index contributed by atoms with van der Waals surface area (Å²) in [7, 11) is 0. The minimum atomic E-state index is 0.504. The van der Waals surface area contributed by atoms with Gasteiger partial charge in [-0.2, -0.15) is 0 Å². The zero-order chi connectivity index (χ0) is 15.2. The Labute approximate surface area is 134 Å². The zero-order valence-corrected chi connectivity index (χ0v) is 14.1. The summed E-state index contributed by atoms with van der Waals surface area (Å²) < 4.78 is 6.74. The lowest BCUT2D eigenvalue weighted by atomic mass is 10.2. The highest BCUT2D eigenvalue weighted by Gasteiger charge is 2.04. The third kappa shape index (κ3) is 5.10. The first-order chi connectivity index (χ1) is 10.0. The van der Waals surface area contributed by atoms with Gasteiger partial charge in [-0.3, -0.25) is 4.98 Å². The average Bonchev–Trinajstić information content (AvgIpc) is 2.44. The lowest BCUT2D eigenvalue weighted by Crippen LogP contribution is -2.19. The van der Waals surface area contributed by atoms with Gasteiger partial charge in [-0.15, -0.1) is 0 Å². The molecule has 0 radical (unpaired) electrons. The van der Waals surface area contributed by atoms with E-state index in [1.807, 2.05) is 25.1 Å². The molecule has 0 saturated heterocycles. The van der Waals surface area contributed by atoms with Crippen molar-refractivity contribution in [1.29, 1.82) is 0 Å². The zero-order valence-electron chi connectivity index (χ0n) is 12.6. The molecule has 4 nitrogen and oxygen atoms in total. The Morgan fingerprint density at radius 1 is 1.24 bits per heavy atom. The molecule has 0 aliphatic heterocycles. The van der Waals surface area contributed by atoms with E-state index in [9.17, 15) is 0 Å². The lowest BCUT2D eigenvalue weighted by molar-refractivity contribution is 0.454. The topological polar surface area (TPSA) is 47.0 Å². The van der Waals surface area contributed by atoms with Gasteiger partial charge in [-0.1, -0.05) is 35.8 Å². The molecule has 0 saturated carbocycles. The summed E-state index contributed by atoms with van der Waals surface area (Å²) in [6.45, 7) is 8.05. The van der Waals surface area contributed by atoms with Crippen LogP contribution in [0.3, 0.4) is 0 Å². The van der Waals surface area contributed by atoms with Crippen molar-refractivity contribution in [3.63, 3.8) is 0 Å². The number of aryl methyl sites for hydroxylation is 1. The third-order valence-corrected chi connectivity index (χ3v) is 3.40. The second-order valence-corrected chi connectivity index (χ2v) is 6.30. The van der Waals surface area contributed by atoms with E-state index < -0.39 is 0 Å². The molecular weight excluding hydrogens is 330 g/mol. The Hall–Kier alpha value is -1.46. The highest BCUT2D eigenvalue weighted by molar-refractivity contribution is 9.10. The van der Waals surface area contributed by atoms with E-state index in [0.717, 1.165) is 34.6 Å². The first kappa shape index (κ1) is 15.9. The van der Waals surface area contributed by atoms with Crippen LogP contribution in [0.2, 0.25) is 0 Å². The molecule has 21 heavy (non-hydrogen) atoms. The first-order valence-electron chi connectivity index (χ1n) is 7.00. The summed E-state index contributed by atoms with van der Waals surface area (Å²) in [5, 5.41) is 3.34. The molecule has 1 heterocycles. The summed E-state index contributed by atoms with van der Waals surface area (Å²) in [5.41, 5.74) is 1.97. The van der Waals surface area contributed by atoms with E-state index in [-0.39, 0.29) is 0 Å². The number of nitrogens with one attached hydrogen (secondary N) is 1. The van der Waals surface area contributed by atoms with Gasteiger partial charge in [0.15, 0.2) is 0 Å². The third-order valence-electron chi connectivity index (χ3n) is 2.91. The van der Waals surface area contributed by atoms with E-state index in [1.54, 1.807) is 12.4 Å². The second-order valence-electron chi connectivity index (χ2n) is 5.38. The molecular formula is C16H20BrN3O. The number of halogens is 1. The normalized spacial score (nSPS) is 10.9. The van der Waals surface area contributed by atoms with E-state index >= 15 is 0 Å². The minimum absolute atomic E-state index is 0.504. The Morgan fingerprint density at radius 3 is 2.71 bits per heavy atom. The molecule has 0 atom stereocenters. The van der Waals surface area contributed by atoms with Crippen LogP contribution in [0.5, 0.6) is 11.6 Å². The maximum atomic E-state index is 5.76. The Kier molecular flexibility index (Phi) is 5.70. The molecule has 2 aromatic rings. The fraction of sp³-hybridized carbons (Fsp3) is 0.375. The largest absolute Gasteiger partial charge is 0.437 e. The molecule has 0 aliphatic carbocycles. The van der Waals surface area contributed by atoms with Crippen LogP contribution in [0.4, 0.5) is 0 Å². The second kappa shape index (κ2) is 7.52. The number of benzene rings is 1. The molecule has 1 aromatic heterocycles. The van der Waals surface area contributed by atoms with Gasteiger partial charge in [0.1, 0.15) is 5.75 Å². The van der Waals surface area contributed by atoms with Crippen molar-refractivity contribution in [3.05, 3.63) is 46.3 Å². The molecule has 5 heteroatoms. The van der Waals surface area contributed by atoms with Crippen LogP contribution >= 0.6 is 15.9 Å². The van der Waals surface area contributed by atoms with Crippen LogP contribution in [0.15, 0.2) is 35.1 Å². The van der Waals surface area contributed by atoms with E-state index in [4.69, 9.17) is 4.74 Å². The van der Waals surface area contributed by atoms with Crippen molar-refractivity contribution >= 4 is 15.9 Å². The van der Waals surface area contributed by atoms with Gasteiger partial charge >= 0.3 is 0 Å². The molecule has 0 amide bonds. The summed E-state index contributed by atoms with van der Waals surface area (Å²) in [6, 6.07) is 5.91. The monoisotopic (exact) mass is 349 g/mol. The smallest absolute Gasteiger partial charge is 0.237 e. The standard InChI is InChI=1S/C16H20BrN3O/c1-11(2)7-18-8-14-9-20-16(10-19-14)21-15-6-13(17)5-4-12(15)3/h4-6,9-11,18H,7-8H2,1-3H3. The van der Waals surface area contributed by atoms with Crippen molar-refractivity contribution in [3.8, 4) is 11.6 Å². The SMILES string of the molecule is Cc1ccc(Br)cc1Oc1cnc(CNCC(C)C)cn1. The van der Waals surface area contributed by atoms with Gasteiger partial charge in [-0.25, -0.2) is 4.98 Å². The Balaban J connectivity index is 1.97. The van der Waals surface area contributed by atoms with Crippen LogP contribution in [0.25, 0.3) is 0 Å². The van der Waals surface area contributed by atoms with Crippen molar-refractivity contribution in [2.24, 2.45) is 5.92 Å². The predicted molar refractivity (Wildman–Crippen MR) is 87.5 cm³/mol. The van der Waals surface area contributed by atoms with Gasteiger partial charge < -0.3 is 10.1 Å². The summed E-state index contributed by atoms with van der Waals surface area (Å²) in [6.07, 6.45) is 3.41.